The largest absolute Gasteiger partial charge is 0.508 e. The predicted molar refractivity (Wildman–Crippen MR) is 98.1 cm³/mol. The second-order valence-corrected chi connectivity index (χ2v) is 8.83. The third-order valence-electron chi connectivity index (χ3n) is 6.46. The van der Waals surface area contributed by atoms with E-state index in [-0.39, 0.29) is 23.0 Å². The Hall–Kier alpha value is -1.98. The van der Waals surface area contributed by atoms with Crippen molar-refractivity contribution in [3.63, 3.8) is 0 Å². The Morgan fingerprint density at radius 1 is 1.38 bits per heavy atom. The first-order valence-electron chi connectivity index (χ1n) is 9.42. The van der Waals surface area contributed by atoms with Crippen LogP contribution in [0.15, 0.2) is 12.1 Å². The molecule has 144 valence electrons. The van der Waals surface area contributed by atoms with E-state index in [1.165, 1.54) is 0 Å². The minimum Gasteiger partial charge on any atom is -0.508 e. The summed E-state index contributed by atoms with van der Waals surface area (Å²) in [5, 5.41) is 20.9. The van der Waals surface area contributed by atoms with Crippen LogP contribution < -0.4 is 4.74 Å². The lowest BCUT2D eigenvalue weighted by Crippen LogP contribution is -2.48. The number of rotatable bonds is 4. The fourth-order valence-electron chi connectivity index (χ4n) is 4.52. The summed E-state index contributed by atoms with van der Waals surface area (Å²) < 4.78 is 6.33. The van der Waals surface area contributed by atoms with Crippen LogP contribution in [0.1, 0.15) is 77.3 Å². The fourth-order valence-corrected chi connectivity index (χ4v) is 4.52. The Bertz CT molecular complexity index is 712. The lowest BCUT2D eigenvalue weighted by Gasteiger charge is -2.49. The molecule has 1 aliphatic heterocycles. The minimum atomic E-state index is -0.705. The van der Waals surface area contributed by atoms with Crippen LogP contribution in [0.5, 0.6) is 11.5 Å². The molecule has 6 nitrogen and oxygen atoms in total. The SMILES string of the molecule is CCC(C)(C)c1cc(O)c2c(c1)OC(C)(C)C1CCC(O[N+](=O)[O-])CC21. The molecule has 0 radical (unpaired) electrons. The van der Waals surface area contributed by atoms with Crippen molar-refractivity contribution in [1.82, 2.24) is 0 Å². The van der Waals surface area contributed by atoms with Crippen molar-refractivity contribution in [1.29, 1.82) is 0 Å². The van der Waals surface area contributed by atoms with E-state index in [1.807, 2.05) is 12.1 Å². The zero-order valence-corrected chi connectivity index (χ0v) is 16.2. The number of hydrogen-bond acceptors (Lipinski definition) is 5. The van der Waals surface area contributed by atoms with Gasteiger partial charge in [-0.3, -0.25) is 0 Å². The molecule has 0 bridgehead atoms. The van der Waals surface area contributed by atoms with E-state index in [2.05, 4.69) is 34.6 Å². The Morgan fingerprint density at radius 2 is 2.08 bits per heavy atom. The summed E-state index contributed by atoms with van der Waals surface area (Å²) >= 11 is 0. The van der Waals surface area contributed by atoms with Crippen LogP contribution in [0.4, 0.5) is 0 Å². The van der Waals surface area contributed by atoms with Gasteiger partial charge in [0.2, 0.25) is 0 Å². The van der Waals surface area contributed by atoms with E-state index in [4.69, 9.17) is 9.57 Å². The van der Waals surface area contributed by atoms with Crippen molar-refractivity contribution in [2.24, 2.45) is 5.92 Å². The maximum absolute atomic E-state index is 10.8. The highest BCUT2D eigenvalue weighted by molar-refractivity contribution is 5.53. The molecule has 0 amide bonds. The Balaban J connectivity index is 2.04. The van der Waals surface area contributed by atoms with Crippen LogP contribution in [-0.2, 0) is 10.3 Å². The summed E-state index contributed by atoms with van der Waals surface area (Å²) in [7, 11) is 0. The van der Waals surface area contributed by atoms with Gasteiger partial charge in [-0.1, -0.05) is 20.8 Å². The maximum Gasteiger partial charge on any atom is 0.294 e. The average molecular weight is 363 g/mol. The first kappa shape index (κ1) is 18.8. The van der Waals surface area contributed by atoms with Gasteiger partial charge in [-0.15, -0.1) is 10.1 Å². The van der Waals surface area contributed by atoms with Crippen LogP contribution in [0.3, 0.4) is 0 Å². The van der Waals surface area contributed by atoms with Crippen molar-refractivity contribution < 1.29 is 19.8 Å². The van der Waals surface area contributed by atoms with Gasteiger partial charge >= 0.3 is 0 Å². The molecule has 3 unspecified atom stereocenters. The number of aromatic hydroxyl groups is 1. The first-order valence-corrected chi connectivity index (χ1v) is 9.42. The summed E-state index contributed by atoms with van der Waals surface area (Å²) in [6, 6.07) is 3.87. The summed E-state index contributed by atoms with van der Waals surface area (Å²) in [6.07, 6.45) is 2.44. The number of phenols is 1. The predicted octanol–water partition coefficient (Wildman–Crippen LogP) is 4.71. The smallest absolute Gasteiger partial charge is 0.294 e. The number of benzene rings is 1. The van der Waals surface area contributed by atoms with Gasteiger partial charge in [0.1, 0.15) is 23.2 Å². The van der Waals surface area contributed by atoms with Gasteiger partial charge in [0.25, 0.3) is 5.09 Å². The van der Waals surface area contributed by atoms with Gasteiger partial charge in [-0.25, -0.2) is 0 Å². The molecule has 1 N–H and O–H groups in total. The molecule has 1 aromatic rings. The molecule has 0 aromatic heterocycles. The molecule has 1 aliphatic carbocycles. The maximum atomic E-state index is 10.8. The fraction of sp³-hybridized carbons (Fsp3) is 0.700. The average Bonchev–Trinajstić information content (AvgIpc) is 2.52. The number of fused-ring (bicyclic) bond motifs is 3. The van der Waals surface area contributed by atoms with Crippen molar-refractivity contribution in [3.05, 3.63) is 33.4 Å². The standard InChI is InChI=1S/C20H29NO5/c1-6-19(2,3)12-9-16(22)18-14-11-13(26-21(23)24)7-8-15(14)20(4,5)25-17(18)10-12/h9-10,13-15,22H,6-8,11H2,1-5H3. The highest BCUT2D eigenvalue weighted by Crippen LogP contribution is 2.55. The highest BCUT2D eigenvalue weighted by atomic mass is 17.0. The highest BCUT2D eigenvalue weighted by Gasteiger charge is 2.48. The van der Waals surface area contributed by atoms with Crippen LogP contribution in [0, 0.1) is 16.0 Å². The lowest BCUT2D eigenvalue weighted by atomic mass is 9.65. The second-order valence-electron chi connectivity index (χ2n) is 8.83. The molecule has 1 saturated carbocycles. The van der Waals surface area contributed by atoms with E-state index >= 15 is 0 Å². The van der Waals surface area contributed by atoms with E-state index in [0.717, 1.165) is 24.0 Å². The summed E-state index contributed by atoms with van der Waals surface area (Å²) in [4.78, 5) is 15.6. The first-order chi connectivity index (χ1) is 12.0. The molecule has 3 rings (SSSR count). The summed E-state index contributed by atoms with van der Waals surface area (Å²) in [5.74, 6) is 1.12. The van der Waals surface area contributed by atoms with Crippen LogP contribution in [0.2, 0.25) is 0 Å². The second kappa shape index (κ2) is 6.32. The van der Waals surface area contributed by atoms with Gasteiger partial charge in [0, 0.05) is 11.5 Å². The van der Waals surface area contributed by atoms with Gasteiger partial charge in [-0.05, 0) is 68.6 Å². The van der Waals surface area contributed by atoms with Crippen LogP contribution >= 0.6 is 0 Å². The molecule has 3 atom stereocenters. The molecule has 0 spiro atoms. The van der Waals surface area contributed by atoms with Gasteiger partial charge < -0.3 is 14.7 Å². The molecule has 6 heteroatoms. The third-order valence-corrected chi connectivity index (χ3v) is 6.46. The molecular weight excluding hydrogens is 334 g/mol. The Kier molecular flexibility index (Phi) is 4.57. The van der Waals surface area contributed by atoms with Crippen LogP contribution in [0.25, 0.3) is 0 Å². The van der Waals surface area contributed by atoms with E-state index in [9.17, 15) is 15.2 Å². The van der Waals surface area contributed by atoms with Crippen molar-refractivity contribution >= 4 is 0 Å². The van der Waals surface area contributed by atoms with Gasteiger partial charge in [-0.2, -0.15) is 0 Å². The van der Waals surface area contributed by atoms with E-state index in [0.29, 0.717) is 18.6 Å². The van der Waals surface area contributed by atoms with E-state index in [1.54, 1.807) is 0 Å². The topological polar surface area (TPSA) is 81.8 Å². The number of nitrogens with zero attached hydrogens (tertiary/aromatic N) is 1. The third kappa shape index (κ3) is 3.21. The Labute approximate surface area is 154 Å². The van der Waals surface area contributed by atoms with Crippen molar-refractivity contribution in [2.75, 3.05) is 0 Å². The molecule has 26 heavy (non-hydrogen) atoms. The molecule has 1 aromatic carbocycles. The molecule has 1 fully saturated rings. The summed E-state index contributed by atoms with van der Waals surface area (Å²) in [5.41, 5.74) is 1.36. The normalized spacial score (nSPS) is 27.0. The van der Waals surface area contributed by atoms with Crippen molar-refractivity contribution in [2.45, 2.75) is 83.3 Å². The van der Waals surface area contributed by atoms with E-state index < -0.39 is 16.8 Å². The van der Waals surface area contributed by atoms with Crippen molar-refractivity contribution in [3.8, 4) is 11.5 Å². The van der Waals surface area contributed by atoms with Gasteiger partial charge in [0.15, 0.2) is 0 Å². The number of hydrogen-bond donors (Lipinski definition) is 1. The monoisotopic (exact) mass is 363 g/mol. The molecule has 1 heterocycles. The quantitative estimate of drug-likeness (QED) is 0.619. The summed E-state index contributed by atoms with van der Waals surface area (Å²) in [6.45, 7) is 10.5. The van der Waals surface area contributed by atoms with Crippen LogP contribution in [-0.4, -0.2) is 21.9 Å². The molecule has 2 aliphatic rings. The zero-order valence-electron chi connectivity index (χ0n) is 16.2. The van der Waals surface area contributed by atoms with Gasteiger partial charge in [0.05, 0.1) is 0 Å². The zero-order chi connectivity index (χ0) is 19.3. The number of phenolic OH excluding ortho intramolecular Hbond substituents is 1. The minimum absolute atomic E-state index is 0.00811. The number of ether oxygens (including phenoxy) is 1. The molecular formula is C20H29NO5. The Morgan fingerprint density at radius 3 is 2.69 bits per heavy atom. The lowest BCUT2D eigenvalue weighted by molar-refractivity contribution is -0.769. The molecule has 0 saturated heterocycles.